The molecule has 5 heavy (non-hydrogen) atoms. The van der Waals surface area contributed by atoms with E-state index in [-0.39, 0.29) is 27.3 Å². The predicted octanol–water partition coefficient (Wildman–Crippen LogP) is 0.585. The van der Waals surface area contributed by atoms with Crippen LogP contribution in [0.1, 0.15) is 0 Å². The van der Waals surface area contributed by atoms with Crippen LogP contribution >= 0.6 is 25.3 Å². The largest absolute Gasteiger partial charge is 0.275 e. The molecule has 0 unspecified atom stereocenters. The van der Waals surface area contributed by atoms with Crippen molar-refractivity contribution in [2.24, 2.45) is 0 Å². The quantitative estimate of drug-likeness (QED) is 0.495. The van der Waals surface area contributed by atoms with Gasteiger partial charge in [0.25, 0.3) is 0 Å². The predicted molar refractivity (Wildman–Crippen MR) is 29.1 cm³/mol. The molecule has 28 valence electrons. The molecule has 0 saturated heterocycles. The van der Waals surface area contributed by atoms with Crippen LogP contribution in [0.2, 0.25) is 0 Å². The maximum atomic E-state index is 9.17. The number of carbonyl (C=O) groups excluding carboxylic acids is 1. The summed E-state index contributed by atoms with van der Waals surface area (Å²) >= 11 is 6.38. The van der Waals surface area contributed by atoms with Crippen molar-refractivity contribution in [3.8, 4) is 0 Å². The number of rotatable bonds is 0. The van der Waals surface area contributed by atoms with E-state index in [2.05, 4.69) is 25.3 Å². The number of hydrogen-bond donors (Lipinski definition) is 2. The van der Waals surface area contributed by atoms with Gasteiger partial charge in [-0.25, -0.2) is 0 Å². The summed E-state index contributed by atoms with van der Waals surface area (Å²) in [4.78, 5) is 9.17. The summed E-state index contributed by atoms with van der Waals surface area (Å²) in [5.41, 5.74) is 0. The maximum Gasteiger partial charge on any atom is 0.239 e. The van der Waals surface area contributed by atoms with Crippen molar-refractivity contribution >= 4 is 57.0 Å². The van der Waals surface area contributed by atoms with Gasteiger partial charge in [-0.1, -0.05) is 25.3 Å². The third-order valence-electron chi connectivity index (χ3n) is 0. The zero-order valence-corrected chi connectivity index (χ0v) is 7.98. The average Bonchev–Trinajstić information content (AvgIpc) is 0.811. The topological polar surface area (TPSA) is 17.1 Å². The van der Waals surface area contributed by atoms with Gasteiger partial charge in [-0.15, -0.1) is 0 Å². The van der Waals surface area contributed by atoms with E-state index in [0.29, 0.717) is 0 Å². The SMILES string of the molecule is O=C(S)S.[Pb]. The number of carbonyl (C=O) groups is 1. The first-order valence-electron chi connectivity index (χ1n) is 0.651. The van der Waals surface area contributed by atoms with E-state index in [1.54, 1.807) is 0 Å². The molecule has 0 heterocycles. The van der Waals surface area contributed by atoms with Crippen LogP contribution in [0.3, 0.4) is 0 Å². The molecule has 0 fully saturated rings. The third-order valence-corrected chi connectivity index (χ3v) is 0. The molecule has 0 N–H and O–H groups in total. The number of hydrogen-bond acceptors (Lipinski definition) is 1. The molecule has 0 spiro atoms. The van der Waals surface area contributed by atoms with E-state index in [9.17, 15) is 4.79 Å². The Bertz CT molecular complexity index is 32.6. The Morgan fingerprint density at radius 3 is 1.40 bits per heavy atom. The Morgan fingerprint density at radius 2 is 1.40 bits per heavy atom. The Hall–Kier alpha value is 1.29. The van der Waals surface area contributed by atoms with Crippen molar-refractivity contribution in [2.75, 3.05) is 0 Å². The molecule has 0 atom stereocenters. The molecular formula is CH2OPbS2. The molecule has 0 aromatic carbocycles. The molecule has 0 amide bonds. The summed E-state index contributed by atoms with van der Waals surface area (Å²) in [6.45, 7) is 0. The van der Waals surface area contributed by atoms with Crippen LogP contribution < -0.4 is 0 Å². The van der Waals surface area contributed by atoms with Crippen molar-refractivity contribution in [1.29, 1.82) is 0 Å². The Kier molecular flexibility index (Phi) is 10.1. The summed E-state index contributed by atoms with van der Waals surface area (Å²) in [7, 11) is 0. The minimum absolute atomic E-state index is 0. The van der Waals surface area contributed by atoms with E-state index in [4.69, 9.17) is 0 Å². The molecule has 1 nitrogen and oxygen atoms in total. The fraction of sp³-hybridized carbons (Fsp3) is 0. The van der Waals surface area contributed by atoms with E-state index in [1.165, 1.54) is 0 Å². The molecule has 0 aliphatic rings. The molecule has 0 aliphatic heterocycles. The Balaban J connectivity index is 0. The molecule has 0 saturated carbocycles. The summed E-state index contributed by atoms with van der Waals surface area (Å²) in [6.07, 6.45) is 0. The van der Waals surface area contributed by atoms with Crippen molar-refractivity contribution < 1.29 is 4.79 Å². The van der Waals surface area contributed by atoms with E-state index >= 15 is 0 Å². The van der Waals surface area contributed by atoms with Gasteiger partial charge in [0.15, 0.2) is 0 Å². The second kappa shape index (κ2) is 5.29. The molecular weight excluding hydrogens is 299 g/mol. The standard InChI is InChI=1S/CH2OS2.Pb/c2-1(3)4;/h(H2,2,3,4);. The second-order valence-corrected chi connectivity index (χ2v) is 1.45. The van der Waals surface area contributed by atoms with E-state index < -0.39 is 4.45 Å². The smallest absolute Gasteiger partial charge is 0.239 e. The van der Waals surface area contributed by atoms with Gasteiger partial charge in [-0.2, -0.15) is 0 Å². The van der Waals surface area contributed by atoms with Crippen molar-refractivity contribution in [1.82, 2.24) is 0 Å². The van der Waals surface area contributed by atoms with Crippen LogP contribution in [0.4, 0.5) is 4.79 Å². The Labute approximate surface area is 61.5 Å². The zero-order chi connectivity index (χ0) is 3.58. The average molecular weight is 301 g/mol. The molecule has 4 radical (unpaired) electrons. The molecule has 0 aliphatic carbocycles. The summed E-state index contributed by atoms with van der Waals surface area (Å²) in [5, 5.41) is 0. The van der Waals surface area contributed by atoms with Crippen LogP contribution in [0.15, 0.2) is 0 Å². The second-order valence-electron chi connectivity index (χ2n) is 0.283. The molecule has 0 aromatic heterocycles. The van der Waals surface area contributed by atoms with Gasteiger partial charge in [0.05, 0.1) is 0 Å². The first-order chi connectivity index (χ1) is 1.73. The fourth-order valence-corrected chi connectivity index (χ4v) is 0. The first-order valence-corrected chi connectivity index (χ1v) is 1.55. The maximum absolute atomic E-state index is 9.17. The summed E-state index contributed by atoms with van der Waals surface area (Å²) in [5.74, 6) is 0. The molecule has 0 bridgehead atoms. The van der Waals surface area contributed by atoms with Gasteiger partial charge >= 0.3 is 0 Å². The third kappa shape index (κ3) is 34.4. The normalized spacial score (nSPS) is 5.20. The van der Waals surface area contributed by atoms with E-state index in [0.717, 1.165) is 0 Å². The Morgan fingerprint density at radius 1 is 1.40 bits per heavy atom. The van der Waals surface area contributed by atoms with Gasteiger partial charge in [-0.05, 0) is 0 Å². The van der Waals surface area contributed by atoms with Crippen LogP contribution in [0.5, 0.6) is 0 Å². The monoisotopic (exact) mass is 302 g/mol. The molecule has 0 aromatic rings. The van der Waals surface area contributed by atoms with Crippen LogP contribution in [-0.2, 0) is 0 Å². The fourth-order valence-electron chi connectivity index (χ4n) is 0. The first kappa shape index (κ1) is 9.57. The van der Waals surface area contributed by atoms with Crippen molar-refractivity contribution in [3.63, 3.8) is 0 Å². The molecule has 0 rings (SSSR count). The van der Waals surface area contributed by atoms with Crippen molar-refractivity contribution in [3.05, 3.63) is 0 Å². The minimum Gasteiger partial charge on any atom is -0.275 e. The van der Waals surface area contributed by atoms with Gasteiger partial charge in [0, 0.05) is 27.3 Å². The van der Waals surface area contributed by atoms with Gasteiger partial charge in [0.2, 0.25) is 4.45 Å². The van der Waals surface area contributed by atoms with Crippen molar-refractivity contribution in [2.45, 2.75) is 0 Å². The summed E-state index contributed by atoms with van der Waals surface area (Å²) in [6, 6.07) is 0. The van der Waals surface area contributed by atoms with Crippen LogP contribution in [0.25, 0.3) is 0 Å². The minimum atomic E-state index is -0.444. The van der Waals surface area contributed by atoms with Gasteiger partial charge < -0.3 is 0 Å². The van der Waals surface area contributed by atoms with Gasteiger partial charge in [-0.3, -0.25) is 4.79 Å². The van der Waals surface area contributed by atoms with Crippen LogP contribution in [0, 0.1) is 0 Å². The van der Waals surface area contributed by atoms with E-state index in [1.807, 2.05) is 0 Å². The van der Waals surface area contributed by atoms with Crippen LogP contribution in [-0.4, -0.2) is 31.7 Å². The summed E-state index contributed by atoms with van der Waals surface area (Å²) < 4.78 is -0.444. The molecule has 4 heteroatoms. The van der Waals surface area contributed by atoms with Gasteiger partial charge in [0.1, 0.15) is 0 Å². The zero-order valence-electron chi connectivity index (χ0n) is 2.30. The number of thiol groups is 2.